The molecule has 0 amide bonds. The first-order valence-corrected chi connectivity index (χ1v) is 15.0. The van der Waals surface area contributed by atoms with E-state index in [1.165, 1.54) is 44.1 Å². The molecule has 0 bridgehead atoms. The van der Waals surface area contributed by atoms with Crippen LogP contribution in [0.5, 0.6) is 0 Å². The zero-order valence-corrected chi connectivity index (χ0v) is 24.2. The number of anilines is 3. The van der Waals surface area contributed by atoms with Crippen LogP contribution in [0.2, 0.25) is 0 Å². The van der Waals surface area contributed by atoms with Crippen LogP contribution in [0, 0.1) is 0 Å². The summed E-state index contributed by atoms with van der Waals surface area (Å²) < 4.78 is 2.39. The van der Waals surface area contributed by atoms with Gasteiger partial charge in [-0.3, -0.25) is 0 Å². The lowest BCUT2D eigenvalue weighted by atomic mass is 9.98. The minimum absolute atomic E-state index is 1.11. The SMILES string of the molecule is c1ccc(-c2ccc(N(c3ccccc3)c3cc4c5ccccc5n(-c5ccccc5)c4cc3-c3ccccc3)cc2)cc1. The number of para-hydroxylation sites is 3. The van der Waals surface area contributed by atoms with Crippen LogP contribution in [0.25, 0.3) is 49.7 Å². The summed E-state index contributed by atoms with van der Waals surface area (Å²) in [5.74, 6) is 0. The molecule has 0 aliphatic carbocycles. The number of aromatic nitrogens is 1. The van der Waals surface area contributed by atoms with Crippen molar-refractivity contribution in [3.8, 4) is 27.9 Å². The standard InChI is InChI=1S/C42H30N2/c1-5-15-31(16-6-1)32-25-27-36(28-26-32)43(34-19-9-3-10-20-34)41-30-39-37-23-13-14-24-40(37)44(35-21-11-4-12-22-35)42(39)29-38(41)33-17-7-2-8-18-33/h1-30H. The topological polar surface area (TPSA) is 8.17 Å². The zero-order valence-electron chi connectivity index (χ0n) is 24.2. The molecular formula is C42H30N2. The third-order valence-corrected chi connectivity index (χ3v) is 8.38. The van der Waals surface area contributed by atoms with Crippen molar-refractivity contribution in [2.75, 3.05) is 4.90 Å². The van der Waals surface area contributed by atoms with Crippen molar-refractivity contribution in [3.05, 3.63) is 182 Å². The second-order valence-corrected chi connectivity index (χ2v) is 11.0. The molecule has 7 aromatic carbocycles. The highest BCUT2D eigenvalue weighted by molar-refractivity contribution is 6.13. The molecule has 8 rings (SSSR count). The fourth-order valence-corrected chi connectivity index (χ4v) is 6.33. The molecule has 1 heterocycles. The van der Waals surface area contributed by atoms with Crippen LogP contribution in [0.15, 0.2) is 182 Å². The van der Waals surface area contributed by atoms with Gasteiger partial charge >= 0.3 is 0 Å². The lowest BCUT2D eigenvalue weighted by Gasteiger charge is -2.28. The summed E-state index contributed by atoms with van der Waals surface area (Å²) in [5, 5.41) is 2.46. The molecule has 2 heteroatoms. The first-order chi connectivity index (χ1) is 21.8. The summed E-state index contributed by atoms with van der Waals surface area (Å²) in [7, 11) is 0. The van der Waals surface area contributed by atoms with Gasteiger partial charge in [0.2, 0.25) is 0 Å². The molecule has 0 N–H and O–H groups in total. The highest BCUT2D eigenvalue weighted by Gasteiger charge is 2.21. The Morgan fingerprint density at radius 1 is 0.364 bits per heavy atom. The van der Waals surface area contributed by atoms with Crippen LogP contribution < -0.4 is 4.90 Å². The Labute approximate surface area is 257 Å². The summed E-state index contributed by atoms with van der Waals surface area (Å²) in [4.78, 5) is 2.39. The largest absolute Gasteiger partial charge is 0.310 e. The molecule has 0 unspecified atom stereocenters. The van der Waals surface area contributed by atoms with E-state index < -0.39 is 0 Å². The van der Waals surface area contributed by atoms with Gasteiger partial charge in [0.1, 0.15) is 0 Å². The third-order valence-electron chi connectivity index (χ3n) is 8.38. The van der Waals surface area contributed by atoms with Crippen LogP contribution in [0.3, 0.4) is 0 Å². The highest BCUT2D eigenvalue weighted by atomic mass is 15.1. The molecule has 2 nitrogen and oxygen atoms in total. The zero-order chi connectivity index (χ0) is 29.3. The molecule has 8 aromatic rings. The molecular weight excluding hydrogens is 532 g/mol. The minimum Gasteiger partial charge on any atom is -0.310 e. The molecule has 0 aliphatic heterocycles. The Kier molecular flexibility index (Phi) is 6.51. The summed E-state index contributed by atoms with van der Waals surface area (Å²) in [6.45, 7) is 0. The normalized spacial score (nSPS) is 11.2. The van der Waals surface area contributed by atoms with Gasteiger partial charge in [-0.05, 0) is 71.3 Å². The first-order valence-electron chi connectivity index (χ1n) is 15.0. The van der Waals surface area contributed by atoms with Crippen molar-refractivity contribution < 1.29 is 0 Å². The Hall–Kier alpha value is -5.86. The summed E-state index contributed by atoms with van der Waals surface area (Å²) in [5.41, 5.74) is 11.7. The van der Waals surface area contributed by atoms with Crippen molar-refractivity contribution in [2.45, 2.75) is 0 Å². The average Bonchev–Trinajstić information content (AvgIpc) is 3.43. The Morgan fingerprint density at radius 2 is 0.886 bits per heavy atom. The Balaban J connectivity index is 1.42. The second kappa shape index (κ2) is 11.1. The van der Waals surface area contributed by atoms with Crippen LogP contribution in [0.4, 0.5) is 17.1 Å². The van der Waals surface area contributed by atoms with Gasteiger partial charge in [-0.25, -0.2) is 0 Å². The number of rotatable bonds is 6. The van der Waals surface area contributed by atoms with E-state index in [0.29, 0.717) is 0 Å². The van der Waals surface area contributed by atoms with Gasteiger partial charge in [-0.1, -0.05) is 127 Å². The number of hydrogen-bond acceptors (Lipinski definition) is 1. The Morgan fingerprint density at radius 3 is 1.57 bits per heavy atom. The number of hydrogen-bond donors (Lipinski definition) is 0. The van der Waals surface area contributed by atoms with Crippen molar-refractivity contribution in [3.63, 3.8) is 0 Å². The molecule has 1 aromatic heterocycles. The van der Waals surface area contributed by atoms with Gasteiger partial charge in [-0.2, -0.15) is 0 Å². The second-order valence-electron chi connectivity index (χ2n) is 11.0. The van der Waals surface area contributed by atoms with Crippen LogP contribution in [-0.2, 0) is 0 Å². The lowest BCUT2D eigenvalue weighted by Crippen LogP contribution is -2.11. The van der Waals surface area contributed by atoms with Crippen molar-refractivity contribution in [1.82, 2.24) is 4.57 Å². The van der Waals surface area contributed by atoms with Gasteiger partial charge in [0.15, 0.2) is 0 Å². The van der Waals surface area contributed by atoms with Crippen LogP contribution in [0.1, 0.15) is 0 Å². The molecule has 0 saturated heterocycles. The van der Waals surface area contributed by atoms with E-state index in [1.807, 2.05) is 0 Å². The maximum atomic E-state index is 2.39. The molecule has 44 heavy (non-hydrogen) atoms. The summed E-state index contributed by atoms with van der Waals surface area (Å²) >= 11 is 0. The van der Waals surface area contributed by atoms with Gasteiger partial charge < -0.3 is 9.47 Å². The van der Waals surface area contributed by atoms with Gasteiger partial charge in [0.25, 0.3) is 0 Å². The van der Waals surface area contributed by atoms with Crippen LogP contribution >= 0.6 is 0 Å². The number of benzene rings is 7. The van der Waals surface area contributed by atoms with Crippen molar-refractivity contribution in [1.29, 1.82) is 0 Å². The van der Waals surface area contributed by atoms with Crippen molar-refractivity contribution >= 4 is 38.9 Å². The number of nitrogens with zero attached hydrogens (tertiary/aromatic N) is 2. The predicted octanol–water partition coefficient (Wildman–Crippen LogP) is 11.6. The lowest BCUT2D eigenvalue weighted by molar-refractivity contribution is 1.18. The molecule has 208 valence electrons. The average molecular weight is 563 g/mol. The van der Waals surface area contributed by atoms with E-state index in [9.17, 15) is 0 Å². The van der Waals surface area contributed by atoms with E-state index in [2.05, 4.69) is 191 Å². The predicted molar refractivity (Wildman–Crippen MR) is 186 cm³/mol. The fraction of sp³-hybridized carbons (Fsp3) is 0. The van der Waals surface area contributed by atoms with Gasteiger partial charge in [0, 0.05) is 33.4 Å². The van der Waals surface area contributed by atoms with Crippen LogP contribution in [-0.4, -0.2) is 4.57 Å². The monoisotopic (exact) mass is 562 g/mol. The van der Waals surface area contributed by atoms with E-state index in [0.717, 1.165) is 22.7 Å². The van der Waals surface area contributed by atoms with Gasteiger partial charge in [-0.15, -0.1) is 0 Å². The molecule has 0 aliphatic rings. The summed E-state index contributed by atoms with van der Waals surface area (Å²) in [6, 6.07) is 65.1. The summed E-state index contributed by atoms with van der Waals surface area (Å²) in [6.07, 6.45) is 0. The molecule has 0 radical (unpaired) electrons. The van der Waals surface area contributed by atoms with E-state index in [1.54, 1.807) is 0 Å². The van der Waals surface area contributed by atoms with E-state index >= 15 is 0 Å². The van der Waals surface area contributed by atoms with Gasteiger partial charge in [0.05, 0.1) is 16.7 Å². The third kappa shape index (κ3) is 4.54. The Bertz CT molecular complexity index is 2180. The molecule has 0 atom stereocenters. The molecule has 0 saturated carbocycles. The fourth-order valence-electron chi connectivity index (χ4n) is 6.33. The maximum Gasteiger partial charge on any atom is 0.0548 e. The van der Waals surface area contributed by atoms with Crippen molar-refractivity contribution in [2.24, 2.45) is 0 Å². The first kappa shape index (κ1) is 25.8. The maximum absolute atomic E-state index is 2.39. The molecule has 0 spiro atoms. The highest BCUT2D eigenvalue weighted by Crippen LogP contribution is 2.45. The van der Waals surface area contributed by atoms with E-state index in [-0.39, 0.29) is 0 Å². The van der Waals surface area contributed by atoms with E-state index in [4.69, 9.17) is 0 Å². The minimum atomic E-state index is 1.11. The smallest absolute Gasteiger partial charge is 0.0548 e. The quantitative estimate of drug-likeness (QED) is 0.196. The molecule has 0 fully saturated rings. The number of fused-ring (bicyclic) bond motifs is 3.